The van der Waals surface area contributed by atoms with Crippen molar-refractivity contribution in [3.63, 3.8) is 0 Å². The third-order valence-corrected chi connectivity index (χ3v) is 4.98. The minimum Gasteiger partial charge on any atom is -0.314 e. The molecule has 1 aromatic carbocycles. The first-order valence-corrected chi connectivity index (χ1v) is 7.74. The Morgan fingerprint density at radius 3 is 2.90 bits per heavy atom. The average Bonchev–Trinajstić information content (AvgIpc) is 2.89. The van der Waals surface area contributed by atoms with Gasteiger partial charge < -0.3 is 10.2 Å². The van der Waals surface area contributed by atoms with Crippen molar-refractivity contribution in [3.05, 3.63) is 29.8 Å². The Balaban J connectivity index is 1.75. The molecule has 0 unspecified atom stereocenters. The Hall–Kier alpha value is -1.35. The molecule has 1 heterocycles. The summed E-state index contributed by atoms with van der Waals surface area (Å²) in [5, 5.41) is 3.47. The van der Waals surface area contributed by atoms with Gasteiger partial charge >= 0.3 is 0 Å². The van der Waals surface area contributed by atoms with Gasteiger partial charge in [0.05, 0.1) is 6.04 Å². The topological polar surface area (TPSA) is 32.3 Å². The molecule has 2 aliphatic rings. The monoisotopic (exact) mass is 272 g/mol. The summed E-state index contributed by atoms with van der Waals surface area (Å²) in [7, 11) is 1.90. The van der Waals surface area contributed by atoms with Gasteiger partial charge in [-0.2, -0.15) is 0 Å². The molecule has 3 heteroatoms. The van der Waals surface area contributed by atoms with Gasteiger partial charge in [0, 0.05) is 12.7 Å². The van der Waals surface area contributed by atoms with Crippen molar-refractivity contribution < 1.29 is 4.79 Å². The third kappa shape index (κ3) is 2.47. The van der Waals surface area contributed by atoms with Crippen molar-refractivity contribution in [2.24, 2.45) is 11.8 Å². The zero-order valence-corrected chi connectivity index (χ0v) is 12.4. The van der Waals surface area contributed by atoms with Crippen LogP contribution in [0.3, 0.4) is 0 Å². The van der Waals surface area contributed by atoms with Crippen LogP contribution in [0.1, 0.15) is 31.2 Å². The molecule has 3 rings (SSSR count). The first kappa shape index (κ1) is 13.6. The number of hydrogen-bond donors (Lipinski definition) is 1. The second-order valence-corrected chi connectivity index (χ2v) is 6.33. The van der Waals surface area contributed by atoms with Gasteiger partial charge in [0.25, 0.3) is 0 Å². The highest BCUT2D eigenvalue weighted by Gasteiger charge is 2.41. The number of aryl methyl sites for hydroxylation is 1. The van der Waals surface area contributed by atoms with Crippen LogP contribution in [0, 0.1) is 18.8 Å². The lowest BCUT2D eigenvalue weighted by atomic mass is 9.78. The molecule has 1 saturated carbocycles. The van der Waals surface area contributed by atoms with E-state index in [0.717, 1.165) is 12.2 Å². The maximum absolute atomic E-state index is 12.8. The van der Waals surface area contributed by atoms with Gasteiger partial charge in [0.1, 0.15) is 0 Å². The van der Waals surface area contributed by atoms with E-state index in [1.807, 2.05) is 24.1 Å². The predicted octanol–water partition coefficient (Wildman–Crippen LogP) is 2.74. The number of hydrogen-bond acceptors (Lipinski definition) is 2. The molecule has 20 heavy (non-hydrogen) atoms. The Bertz CT molecular complexity index is 500. The van der Waals surface area contributed by atoms with E-state index in [2.05, 4.69) is 24.4 Å². The molecule has 108 valence electrons. The number of carbonyl (C=O) groups is 1. The standard InChI is InChI=1S/C17H24N2O/c1-12-6-5-8-14(10-12)19(2)17(20)16-15-9-4-3-7-13(15)11-18-16/h5-6,8,10,13,15-16,18H,3-4,7,9,11H2,1-2H3/t13-,15-,16-/m0/s1. The normalized spacial score (nSPS) is 29.0. The highest BCUT2D eigenvalue weighted by Crippen LogP contribution is 2.36. The second-order valence-electron chi connectivity index (χ2n) is 6.33. The number of amides is 1. The number of anilines is 1. The fraction of sp³-hybridized carbons (Fsp3) is 0.588. The summed E-state index contributed by atoms with van der Waals surface area (Å²) in [5.74, 6) is 1.48. The smallest absolute Gasteiger partial charge is 0.244 e. The fourth-order valence-corrected chi connectivity index (χ4v) is 3.80. The summed E-state index contributed by atoms with van der Waals surface area (Å²) >= 11 is 0. The molecule has 1 amide bonds. The lowest BCUT2D eigenvalue weighted by Crippen LogP contribution is -2.45. The molecule has 1 N–H and O–H groups in total. The van der Waals surface area contributed by atoms with Crippen molar-refractivity contribution in [2.45, 2.75) is 38.6 Å². The molecular weight excluding hydrogens is 248 g/mol. The van der Waals surface area contributed by atoms with Crippen LogP contribution < -0.4 is 10.2 Å². The summed E-state index contributed by atoms with van der Waals surface area (Å²) in [6, 6.07) is 8.18. The maximum atomic E-state index is 12.8. The van der Waals surface area contributed by atoms with E-state index in [9.17, 15) is 4.79 Å². The Morgan fingerprint density at radius 2 is 2.10 bits per heavy atom. The fourth-order valence-electron chi connectivity index (χ4n) is 3.80. The molecule has 0 spiro atoms. The average molecular weight is 272 g/mol. The number of carbonyl (C=O) groups excluding carboxylic acids is 1. The number of likely N-dealkylation sites (N-methyl/N-ethyl adjacent to an activating group) is 1. The van der Waals surface area contributed by atoms with Crippen molar-refractivity contribution in [1.82, 2.24) is 5.32 Å². The highest BCUT2D eigenvalue weighted by molar-refractivity contribution is 5.97. The quantitative estimate of drug-likeness (QED) is 0.898. The lowest BCUT2D eigenvalue weighted by molar-refractivity contribution is -0.121. The molecule has 0 radical (unpaired) electrons. The van der Waals surface area contributed by atoms with Crippen LogP contribution in [-0.2, 0) is 4.79 Å². The van der Waals surface area contributed by atoms with Crippen LogP contribution in [-0.4, -0.2) is 25.5 Å². The summed E-state index contributed by atoms with van der Waals surface area (Å²) in [6.45, 7) is 3.08. The summed E-state index contributed by atoms with van der Waals surface area (Å²) < 4.78 is 0. The Labute approximate surface area is 121 Å². The van der Waals surface area contributed by atoms with Gasteiger partial charge in [0.2, 0.25) is 5.91 Å². The van der Waals surface area contributed by atoms with E-state index < -0.39 is 0 Å². The highest BCUT2D eigenvalue weighted by atomic mass is 16.2. The molecular formula is C17H24N2O. The molecule has 1 aromatic rings. The second kappa shape index (κ2) is 5.57. The minimum atomic E-state index is 0.0193. The van der Waals surface area contributed by atoms with Gasteiger partial charge in [-0.05, 0) is 55.8 Å². The summed E-state index contributed by atoms with van der Waals surface area (Å²) in [4.78, 5) is 14.6. The molecule has 2 fully saturated rings. The minimum absolute atomic E-state index is 0.0193. The SMILES string of the molecule is Cc1cccc(N(C)C(=O)[C@H]2NC[C@@H]3CCCC[C@@H]32)c1. The van der Waals surface area contributed by atoms with Crippen LogP contribution in [0.4, 0.5) is 5.69 Å². The van der Waals surface area contributed by atoms with Crippen LogP contribution in [0.15, 0.2) is 24.3 Å². The predicted molar refractivity (Wildman–Crippen MR) is 81.8 cm³/mol. The van der Waals surface area contributed by atoms with Crippen LogP contribution >= 0.6 is 0 Å². The molecule has 3 nitrogen and oxygen atoms in total. The van der Waals surface area contributed by atoms with E-state index in [1.165, 1.54) is 31.2 Å². The molecule has 0 bridgehead atoms. The van der Waals surface area contributed by atoms with Crippen molar-refractivity contribution in [3.8, 4) is 0 Å². The van der Waals surface area contributed by atoms with Gasteiger partial charge in [-0.25, -0.2) is 0 Å². The van der Waals surface area contributed by atoms with Crippen molar-refractivity contribution in [1.29, 1.82) is 0 Å². The number of nitrogens with one attached hydrogen (secondary N) is 1. The number of fused-ring (bicyclic) bond motifs is 1. The van der Waals surface area contributed by atoms with Crippen molar-refractivity contribution in [2.75, 3.05) is 18.5 Å². The largest absolute Gasteiger partial charge is 0.314 e. The molecule has 1 saturated heterocycles. The Morgan fingerprint density at radius 1 is 1.30 bits per heavy atom. The lowest BCUT2D eigenvalue weighted by Gasteiger charge is -2.30. The zero-order chi connectivity index (χ0) is 14.1. The first-order valence-electron chi connectivity index (χ1n) is 7.74. The number of benzene rings is 1. The van der Waals surface area contributed by atoms with Gasteiger partial charge in [-0.3, -0.25) is 4.79 Å². The number of rotatable bonds is 2. The number of nitrogens with zero attached hydrogens (tertiary/aromatic N) is 1. The van der Waals surface area contributed by atoms with E-state index in [1.54, 1.807) is 0 Å². The van der Waals surface area contributed by atoms with E-state index in [0.29, 0.717) is 11.8 Å². The van der Waals surface area contributed by atoms with Crippen LogP contribution in [0.5, 0.6) is 0 Å². The molecule has 3 atom stereocenters. The van der Waals surface area contributed by atoms with Gasteiger partial charge in [0.15, 0.2) is 0 Å². The third-order valence-electron chi connectivity index (χ3n) is 4.98. The van der Waals surface area contributed by atoms with Crippen LogP contribution in [0.25, 0.3) is 0 Å². The summed E-state index contributed by atoms with van der Waals surface area (Å²) in [5.41, 5.74) is 2.19. The zero-order valence-electron chi connectivity index (χ0n) is 12.4. The van der Waals surface area contributed by atoms with Gasteiger partial charge in [-0.15, -0.1) is 0 Å². The van der Waals surface area contributed by atoms with E-state index in [-0.39, 0.29) is 11.9 Å². The molecule has 0 aromatic heterocycles. The summed E-state index contributed by atoms with van der Waals surface area (Å²) in [6.07, 6.45) is 5.10. The van der Waals surface area contributed by atoms with E-state index in [4.69, 9.17) is 0 Å². The maximum Gasteiger partial charge on any atom is 0.244 e. The van der Waals surface area contributed by atoms with E-state index >= 15 is 0 Å². The Kier molecular flexibility index (Phi) is 3.79. The first-order chi connectivity index (χ1) is 9.66. The van der Waals surface area contributed by atoms with Crippen molar-refractivity contribution >= 4 is 11.6 Å². The van der Waals surface area contributed by atoms with Gasteiger partial charge in [-0.1, -0.05) is 25.0 Å². The molecule has 1 aliphatic carbocycles. The molecule has 1 aliphatic heterocycles. The van der Waals surface area contributed by atoms with Crippen LogP contribution in [0.2, 0.25) is 0 Å².